The number of sulfonamides is 1. The molecule has 0 unspecified atom stereocenters. The van der Waals surface area contributed by atoms with Gasteiger partial charge < -0.3 is 5.32 Å². The lowest BCUT2D eigenvalue weighted by Crippen LogP contribution is -2.28. The highest BCUT2D eigenvalue weighted by atomic mass is 79.9. The van der Waals surface area contributed by atoms with Crippen molar-refractivity contribution < 1.29 is 13.2 Å². The molecule has 2 aromatic carbocycles. The maximum absolute atomic E-state index is 12.7. The lowest BCUT2D eigenvalue weighted by Gasteiger charge is -2.17. The molecule has 8 heteroatoms. The second-order valence-corrected chi connectivity index (χ2v) is 8.95. The van der Waals surface area contributed by atoms with E-state index in [1.165, 1.54) is 16.4 Å². The molecule has 2 aromatic rings. The first-order valence-electron chi connectivity index (χ1n) is 7.74. The first-order valence-corrected chi connectivity index (χ1v) is 10.4. The van der Waals surface area contributed by atoms with Crippen molar-refractivity contribution in [3.8, 4) is 0 Å². The Kier molecular flexibility index (Phi) is 5.48. The summed E-state index contributed by atoms with van der Waals surface area (Å²) in [4.78, 5) is 12.3. The summed E-state index contributed by atoms with van der Waals surface area (Å²) in [6, 6.07) is 11.4. The van der Waals surface area contributed by atoms with E-state index < -0.39 is 10.0 Å². The predicted molar refractivity (Wildman–Crippen MR) is 102 cm³/mol. The number of carbonyl (C=O) groups is 1. The quantitative estimate of drug-likeness (QED) is 0.772. The number of rotatable bonds is 4. The van der Waals surface area contributed by atoms with Crippen LogP contribution in [0.2, 0.25) is 5.02 Å². The van der Waals surface area contributed by atoms with E-state index in [0.717, 1.165) is 17.3 Å². The zero-order valence-electron chi connectivity index (χ0n) is 13.2. The van der Waals surface area contributed by atoms with E-state index in [0.29, 0.717) is 24.3 Å². The summed E-state index contributed by atoms with van der Waals surface area (Å²) in [7, 11) is -3.65. The van der Waals surface area contributed by atoms with Gasteiger partial charge in [0, 0.05) is 28.8 Å². The Labute approximate surface area is 160 Å². The maximum atomic E-state index is 12.7. The monoisotopic (exact) mass is 442 g/mol. The smallest absolute Gasteiger partial charge is 0.255 e. The van der Waals surface area contributed by atoms with Gasteiger partial charge in [0.05, 0.1) is 5.02 Å². The molecule has 0 atom stereocenters. The highest BCUT2D eigenvalue weighted by molar-refractivity contribution is 9.10. The van der Waals surface area contributed by atoms with Crippen molar-refractivity contribution in [2.75, 3.05) is 18.4 Å². The minimum absolute atomic E-state index is 0.0182. The minimum atomic E-state index is -3.65. The molecule has 0 radical (unpaired) electrons. The maximum Gasteiger partial charge on any atom is 0.255 e. The van der Waals surface area contributed by atoms with Crippen LogP contribution in [0.3, 0.4) is 0 Å². The number of nitrogens with zero attached hydrogens (tertiary/aromatic N) is 1. The topological polar surface area (TPSA) is 66.5 Å². The Hall–Kier alpha value is -1.41. The summed E-state index contributed by atoms with van der Waals surface area (Å²) in [6.45, 7) is 0.988. The number of hydrogen-bond acceptors (Lipinski definition) is 3. The molecular formula is C17H16BrClN2O3S. The van der Waals surface area contributed by atoms with Gasteiger partial charge in [-0.05, 0) is 55.3 Å². The van der Waals surface area contributed by atoms with Crippen LogP contribution in [0, 0.1) is 0 Å². The van der Waals surface area contributed by atoms with E-state index in [1.807, 2.05) is 0 Å². The van der Waals surface area contributed by atoms with Crippen molar-refractivity contribution >= 4 is 49.1 Å². The molecular weight excluding hydrogens is 428 g/mol. The average molecular weight is 444 g/mol. The zero-order chi connectivity index (χ0) is 18.0. The zero-order valence-corrected chi connectivity index (χ0v) is 16.4. The number of anilines is 1. The van der Waals surface area contributed by atoms with Gasteiger partial charge in [-0.15, -0.1) is 0 Å². The molecule has 3 rings (SSSR count). The average Bonchev–Trinajstić information content (AvgIpc) is 3.12. The van der Waals surface area contributed by atoms with Gasteiger partial charge in [-0.3, -0.25) is 4.79 Å². The van der Waals surface area contributed by atoms with Crippen molar-refractivity contribution in [3.05, 3.63) is 57.5 Å². The van der Waals surface area contributed by atoms with E-state index in [2.05, 4.69) is 21.2 Å². The van der Waals surface area contributed by atoms with Crippen molar-refractivity contribution in [2.45, 2.75) is 17.7 Å². The highest BCUT2D eigenvalue weighted by Crippen LogP contribution is 2.29. The Balaban J connectivity index is 1.86. The fourth-order valence-corrected chi connectivity index (χ4v) is 4.93. The van der Waals surface area contributed by atoms with Gasteiger partial charge in [0.1, 0.15) is 4.90 Å². The first-order chi connectivity index (χ1) is 11.9. The van der Waals surface area contributed by atoms with Gasteiger partial charge in [-0.1, -0.05) is 27.5 Å². The van der Waals surface area contributed by atoms with Crippen LogP contribution in [0.5, 0.6) is 0 Å². The van der Waals surface area contributed by atoms with Crippen LogP contribution in [0.4, 0.5) is 5.69 Å². The summed E-state index contributed by atoms with van der Waals surface area (Å²) < 4.78 is 27.7. The van der Waals surface area contributed by atoms with Crippen molar-refractivity contribution in [3.63, 3.8) is 0 Å². The lowest BCUT2D eigenvalue weighted by molar-refractivity contribution is 0.102. The van der Waals surface area contributed by atoms with Crippen LogP contribution in [0.1, 0.15) is 23.2 Å². The fraction of sp³-hybridized carbons (Fsp3) is 0.235. The number of benzene rings is 2. The van der Waals surface area contributed by atoms with Gasteiger partial charge in [0.2, 0.25) is 10.0 Å². The van der Waals surface area contributed by atoms with Crippen LogP contribution < -0.4 is 5.32 Å². The molecule has 1 aliphatic heterocycles. The fourth-order valence-electron chi connectivity index (χ4n) is 2.65. The number of carbonyl (C=O) groups excluding carboxylic acids is 1. The molecule has 25 heavy (non-hydrogen) atoms. The molecule has 1 heterocycles. The number of halogens is 2. The Morgan fingerprint density at radius 1 is 1.08 bits per heavy atom. The molecule has 0 saturated carbocycles. The molecule has 0 bridgehead atoms. The molecule has 5 nitrogen and oxygen atoms in total. The summed E-state index contributed by atoms with van der Waals surface area (Å²) in [6.07, 6.45) is 1.69. The number of hydrogen-bond donors (Lipinski definition) is 1. The van der Waals surface area contributed by atoms with Crippen molar-refractivity contribution in [1.82, 2.24) is 4.31 Å². The predicted octanol–water partition coefficient (Wildman–Crippen LogP) is 4.14. The van der Waals surface area contributed by atoms with Crippen LogP contribution in [-0.2, 0) is 10.0 Å². The number of amides is 1. The Morgan fingerprint density at radius 3 is 2.36 bits per heavy atom. The molecule has 0 spiro atoms. The molecule has 1 saturated heterocycles. The summed E-state index contributed by atoms with van der Waals surface area (Å²) in [5, 5.41) is 2.86. The van der Waals surface area contributed by atoms with E-state index in [-0.39, 0.29) is 15.8 Å². The van der Waals surface area contributed by atoms with E-state index in [9.17, 15) is 13.2 Å². The molecule has 1 amide bonds. The standard InChI is InChI=1S/C17H16BrClN2O3S/c18-13-5-3-12(4-6-13)17(22)20-14-7-8-15(19)16(11-14)25(23,24)21-9-1-2-10-21/h3-8,11H,1-2,9-10H2,(H,20,22). The largest absolute Gasteiger partial charge is 0.322 e. The third-order valence-corrected chi connectivity index (χ3v) is 6.89. The van der Waals surface area contributed by atoms with E-state index >= 15 is 0 Å². The Morgan fingerprint density at radius 2 is 1.72 bits per heavy atom. The van der Waals surface area contributed by atoms with E-state index in [1.54, 1.807) is 30.3 Å². The third-order valence-electron chi connectivity index (χ3n) is 3.98. The lowest BCUT2D eigenvalue weighted by atomic mass is 10.2. The van der Waals surface area contributed by atoms with Gasteiger partial charge in [-0.25, -0.2) is 8.42 Å². The molecule has 0 aliphatic carbocycles. The van der Waals surface area contributed by atoms with Gasteiger partial charge in [0.25, 0.3) is 5.91 Å². The Bertz CT molecular complexity index is 895. The number of nitrogens with one attached hydrogen (secondary N) is 1. The molecule has 132 valence electrons. The van der Waals surface area contributed by atoms with Crippen molar-refractivity contribution in [2.24, 2.45) is 0 Å². The van der Waals surface area contributed by atoms with Gasteiger partial charge in [-0.2, -0.15) is 4.31 Å². The second kappa shape index (κ2) is 7.45. The molecule has 0 aromatic heterocycles. The second-order valence-electron chi connectivity index (χ2n) is 5.72. The first kappa shape index (κ1) is 18.4. The van der Waals surface area contributed by atoms with E-state index in [4.69, 9.17) is 11.6 Å². The minimum Gasteiger partial charge on any atom is -0.322 e. The molecule has 1 aliphatic rings. The van der Waals surface area contributed by atoms with Crippen LogP contribution in [0.25, 0.3) is 0 Å². The summed E-state index contributed by atoms with van der Waals surface area (Å²) in [5.41, 5.74) is 0.859. The van der Waals surface area contributed by atoms with Crippen molar-refractivity contribution in [1.29, 1.82) is 0 Å². The molecule has 1 N–H and O–H groups in total. The van der Waals surface area contributed by atoms with Gasteiger partial charge in [0.15, 0.2) is 0 Å². The SMILES string of the molecule is O=C(Nc1ccc(Cl)c(S(=O)(=O)N2CCCC2)c1)c1ccc(Br)cc1. The van der Waals surface area contributed by atoms with Gasteiger partial charge >= 0.3 is 0 Å². The molecule has 1 fully saturated rings. The summed E-state index contributed by atoms with van der Waals surface area (Å²) in [5.74, 6) is -0.320. The summed E-state index contributed by atoms with van der Waals surface area (Å²) >= 11 is 9.42. The third kappa shape index (κ3) is 4.06. The normalized spacial score (nSPS) is 15.3. The van der Waals surface area contributed by atoms with Crippen LogP contribution in [-0.4, -0.2) is 31.7 Å². The van der Waals surface area contributed by atoms with Crippen LogP contribution >= 0.6 is 27.5 Å². The van der Waals surface area contributed by atoms with Crippen LogP contribution in [0.15, 0.2) is 51.8 Å². The highest BCUT2D eigenvalue weighted by Gasteiger charge is 2.29.